The van der Waals surface area contributed by atoms with Crippen LogP contribution >= 0.6 is 0 Å². The summed E-state index contributed by atoms with van der Waals surface area (Å²) in [6, 6.07) is 56.5. The summed E-state index contributed by atoms with van der Waals surface area (Å²) in [6.07, 6.45) is 2.17. The molecule has 61 heavy (non-hydrogen) atoms. The van der Waals surface area contributed by atoms with Crippen LogP contribution in [0, 0.1) is 0 Å². The Bertz CT molecular complexity index is 3890. The van der Waals surface area contributed by atoms with E-state index < -0.39 is 0 Å². The first-order chi connectivity index (χ1) is 29.6. The number of anilines is 3. The van der Waals surface area contributed by atoms with Gasteiger partial charge in [0.15, 0.2) is 0 Å². The van der Waals surface area contributed by atoms with Crippen molar-refractivity contribution in [3.05, 3.63) is 169 Å². The number of hydrogen-bond donors (Lipinski definition) is 0. The van der Waals surface area contributed by atoms with Gasteiger partial charge in [-0.15, -0.1) is 0 Å². The van der Waals surface area contributed by atoms with Gasteiger partial charge in [0.1, 0.15) is 5.65 Å². The number of pyridine rings is 1. The van der Waals surface area contributed by atoms with Crippen molar-refractivity contribution in [1.29, 1.82) is 0 Å². The van der Waals surface area contributed by atoms with Gasteiger partial charge in [-0.2, -0.15) is 0 Å². The zero-order chi connectivity index (χ0) is 41.1. The van der Waals surface area contributed by atoms with Gasteiger partial charge in [-0.1, -0.05) is 133 Å². The average Bonchev–Trinajstić information content (AvgIpc) is 3.99. The van der Waals surface area contributed by atoms with Crippen LogP contribution in [0.15, 0.2) is 158 Å². The van der Waals surface area contributed by atoms with E-state index in [2.05, 4.69) is 213 Å². The molecular weight excluding hydrogens is 741 g/mol. The topological polar surface area (TPSA) is 24.9 Å². The summed E-state index contributed by atoms with van der Waals surface area (Å²) in [5.74, 6) is 0. The van der Waals surface area contributed by atoms with Crippen LogP contribution in [0.2, 0.25) is 0 Å². The van der Waals surface area contributed by atoms with Gasteiger partial charge in [0.05, 0.1) is 39.5 Å². The third-order valence-electron chi connectivity index (χ3n) is 13.6. The molecule has 0 aliphatic heterocycles. The molecule has 4 nitrogen and oxygen atoms in total. The van der Waals surface area contributed by atoms with E-state index in [0.717, 1.165) is 28.2 Å². The third-order valence-corrected chi connectivity index (χ3v) is 13.6. The molecule has 5 aromatic heterocycles. The maximum Gasteiger partial charge on any atom is 0.146 e. The van der Waals surface area contributed by atoms with Crippen LogP contribution in [-0.2, 0) is 10.8 Å². The molecule has 0 aliphatic carbocycles. The Balaban J connectivity index is 1.28. The Labute approximate surface area is 353 Å². The number of fused-ring (bicyclic) bond motifs is 17. The van der Waals surface area contributed by atoms with Crippen molar-refractivity contribution in [1.82, 2.24) is 13.8 Å². The van der Waals surface area contributed by atoms with Gasteiger partial charge in [0, 0.05) is 54.5 Å². The first-order valence-electron chi connectivity index (χ1n) is 21.6. The molecule has 0 saturated carbocycles. The molecule has 0 atom stereocenters. The second kappa shape index (κ2) is 11.8. The summed E-state index contributed by atoms with van der Waals surface area (Å²) in [5.41, 5.74) is 13.0. The molecule has 8 aromatic carbocycles. The van der Waals surface area contributed by atoms with Gasteiger partial charge in [0.25, 0.3) is 0 Å². The third kappa shape index (κ3) is 4.57. The SMILES string of the molecule is CC(C)(C)c1ccc2c(c1)c1c3ccccc3cc3c4c5c6cc(C(C)(C)C)cc7c8c9ccccc9cc(N(c9ccccc9)c9ccccc9)c8n(c5cnc4n2c31)c67. The molecule has 0 saturated heterocycles. The highest BCUT2D eigenvalue weighted by molar-refractivity contribution is 6.39. The number of aromatic nitrogens is 3. The molecule has 0 amide bonds. The van der Waals surface area contributed by atoms with E-state index in [1.54, 1.807) is 0 Å². The molecule has 13 aromatic rings. The van der Waals surface area contributed by atoms with Crippen molar-refractivity contribution in [2.24, 2.45) is 0 Å². The Morgan fingerprint density at radius 2 is 0.951 bits per heavy atom. The van der Waals surface area contributed by atoms with Crippen molar-refractivity contribution in [3.63, 3.8) is 0 Å². The first kappa shape index (κ1) is 34.7. The lowest BCUT2D eigenvalue weighted by atomic mass is 9.85. The Hall–Kier alpha value is -7.17. The zero-order valence-electron chi connectivity index (χ0n) is 35.3. The van der Waals surface area contributed by atoms with Crippen LogP contribution in [0.3, 0.4) is 0 Å². The van der Waals surface area contributed by atoms with E-state index in [1.165, 1.54) is 97.8 Å². The summed E-state index contributed by atoms with van der Waals surface area (Å²) in [5, 5.41) is 15.2. The Morgan fingerprint density at radius 3 is 1.59 bits per heavy atom. The van der Waals surface area contributed by atoms with E-state index in [9.17, 15) is 0 Å². The molecule has 0 fully saturated rings. The summed E-state index contributed by atoms with van der Waals surface area (Å²) in [6.45, 7) is 14.0. The predicted molar refractivity (Wildman–Crippen MR) is 261 cm³/mol. The fraction of sp³-hybridized carbons (Fsp3) is 0.140. The molecule has 0 unspecified atom stereocenters. The monoisotopic (exact) mass is 784 g/mol. The lowest BCUT2D eigenvalue weighted by Gasteiger charge is -2.27. The minimum absolute atomic E-state index is 0.0254. The molecule has 0 bridgehead atoms. The molecule has 292 valence electrons. The minimum atomic E-state index is -0.0892. The van der Waals surface area contributed by atoms with Gasteiger partial charge in [-0.05, 0) is 104 Å². The lowest BCUT2D eigenvalue weighted by Crippen LogP contribution is -2.11. The number of benzene rings is 8. The molecule has 0 N–H and O–H groups in total. The highest BCUT2D eigenvalue weighted by Crippen LogP contribution is 2.52. The van der Waals surface area contributed by atoms with Gasteiger partial charge < -0.3 is 9.30 Å². The number of para-hydroxylation sites is 2. The van der Waals surface area contributed by atoms with Crippen LogP contribution in [-0.4, -0.2) is 13.8 Å². The summed E-state index contributed by atoms with van der Waals surface area (Å²) in [7, 11) is 0. The van der Waals surface area contributed by atoms with Crippen molar-refractivity contribution in [2.75, 3.05) is 4.90 Å². The molecule has 0 radical (unpaired) electrons. The van der Waals surface area contributed by atoms with Crippen molar-refractivity contribution >= 4 is 115 Å². The molecule has 13 rings (SSSR count). The molecule has 4 heteroatoms. The molecule has 0 aliphatic rings. The van der Waals surface area contributed by atoms with E-state index >= 15 is 0 Å². The number of nitrogens with zero attached hydrogens (tertiary/aromatic N) is 4. The van der Waals surface area contributed by atoms with E-state index in [1.807, 2.05) is 0 Å². The maximum absolute atomic E-state index is 5.56. The molecule has 5 heterocycles. The summed E-state index contributed by atoms with van der Waals surface area (Å²) >= 11 is 0. The van der Waals surface area contributed by atoms with Crippen LogP contribution in [0.4, 0.5) is 17.1 Å². The standard InChI is InChI=1S/C57H44N4/c1-56(2,3)35-25-26-45-41(29-35)48-39-23-15-13-17-33(39)27-42-51-50-44-31-36(57(4,5)6)30-43-49-40-24-16-14-18-34(40)28-46(59(37-19-9-7-10-20-37)38-21-11-8-12-22-38)54(49)60(52(43)44)47(50)32-58-55(51)61(45)53(42)48/h7-32H,1-6H3. The van der Waals surface area contributed by atoms with Gasteiger partial charge in [-0.3, -0.25) is 4.40 Å². The minimum Gasteiger partial charge on any atom is -0.308 e. The highest BCUT2D eigenvalue weighted by Gasteiger charge is 2.31. The van der Waals surface area contributed by atoms with Crippen LogP contribution in [0.1, 0.15) is 52.7 Å². The second-order valence-electron chi connectivity index (χ2n) is 19.3. The summed E-state index contributed by atoms with van der Waals surface area (Å²) < 4.78 is 5.03. The zero-order valence-corrected chi connectivity index (χ0v) is 35.3. The largest absolute Gasteiger partial charge is 0.308 e. The fourth-order valence-electron chi connectivity index (χ4n) is 10.7. The quantitative estimate of drug-likeness (QED) is 0.178. The van der Waals surface area contributed by atoms with Gasteiger partial charge in [-0.25, -0.2) is 4.98 Å². The first-order valence-corrected chi connectivity index (χ1v) is 21.6. The maximum atomic E-state index is 5.56. The van der Waals surface area contributed by atoms with Crippen molar-refractivity contribution in [3.8, 4) is 0 Å². The highest BCUT2D eigenvalue weighted by atomic mass is 15.2. The predicted octanol–water partition coefficient (Wildman–Crippen LogP) is 15.8. The van der Waals surface area contributed by atoms with E-state index in [0.29, 0.717) is 0 Å². The van der Waals surface area contributed by atoms with Crippen LogP contribution in [0.25, 0.3) is 97.9 Å². The molecule has 0 spiro atoms. The second-order valence-corrected chi connectivity index (χ2v) is 19.3. The Kier molecular flexibility index (Phi) is 6.69. The molecular formula is C57H44N4. The smallest absolute Gasteiger partial charge is 0.146 e. The normalized spacial score (nSPS) is 13.1. The average molecular weight is 785 g/mol. The van der Waals surface area contributed by atoms with Gasteiger partial charge in [0.2, 0.25) is 0 Å². The number of rotatable bonds is 3. The van der Waals surface area contributed by atoms with Crippen molar-refractivity contribution in [2.45, 2.75) is 52.4 Å². The van der Waals surface area contributed by atoms with E-state index in [4.69, 9.17) is 4.98 Å². The van der Waals surface area contributed by atoms with Crippen LogP contribution in [0.5, 0.6) is 0 Å². The Morgan fingerprint density at radius 1 is 0.410 bits per heavy atom. The number of hydrogen-bond acceptors (Lipinski definition) is 2. The van der Waals surface area contributed by atoms with Crippen molar-refractivity contribution < 1.29 is 0 Å². The fourth-order valence-corrected chi connectivity index (χ4v) is 10.7. The van der Waals surface area contributed by atoms with Gasteiger partial charge >= 0.3 is 0 Å². The summed E-state index contributed by atoms with van der Waals surface area (Å²) in [4.78, 5) is 8.01. The van der Waals surface area contributed by atoms with Crippen LogP contribution < -0.4 is 4.90 Å². The lowest BCUT2D eigenvalue weighted by molar-refractivity contribution is 0.591. The van der Waals surface area contributed by atoms with E-state index in [-0.39, 0.29) is 10.8 Å².